The van der Waals surface area contributed by atoms with Crippen LogP contribution in [0.25, 0.3) is 0 Å². The standard InChI is InChI=1S/C4H11N2OP/c1-8(7)5-3-2-4-6-8/h2-4H2,1H3,(H2,5,6,7). The van der Waals surface area contributed by atoms with E-state index in [4.69, 9.17) is 0 Å². The van der Waals surface area contributed by atoms with Crippen LogP contribution in [-0.2, 0) is 4.57 Å². The maximum Gasteiger partial charge on any atom is 0.208 e. The third-order valence-corrected chi connectivity index (χ3v) is 2.83. The van der Waals surface area contributed by atoms with Crippen LogP contribution in [0, 0.1) is 0 Å². The van der Waals surface area contributed by atoms with Gasteiger partial charge in [0.15, 0.2) is 0 Å². The molecule has 0 atom stereocenters. The first kappa shape index (κ1) is 6.27. The summed E-state index contributed by atoms with van der Waals surface area (Å²) in [6.07, 6.45) is 1.08. The molecule has 0 saturated carbocycles. The smallest absolute Gasteiger partial charge is 0.208 e. The molecule has 0 bridgehead atoms. The Hall–Kier alpha value is 0.150. The van der Waals surface area contributed by atoms with Crippen molar-refractivity contribution in [2.45, 2.75) is 6.42 Å². The Morgan fingerprint density at radius 2 is 1.88 bits per heavy atom. The van der Waals surface area contributed by atoms with E-state index in [9.17, 15) is 4.57 Å². The van der Waals surface area contributed by atoms with Gasteiger partial charge >= 0.3 is 0 Å². The predicted molar refractivity (Wildman–Crippen MR) is 34.2 cm³/mol. The molecule has 0 radical (unpaired) electrons. The van der Waals surface area contributed by atoms with Crippen molar-refractivity contribution in [3.05, 3.63) is 0 Å². The van der Waals surface area contributed by atoms with Crippen molar-refractivity contribution < 1.29 is 4.57 Å². The van der Waals surface area contributed by atoms with Gasteiger partial charge in [-0.15, -0.1) is 0 Å². The van der Waals surface area contributed by atoms with Crippen LogP contribution < -0.4 is 10.2 Å². The van der Waals surface area contributed by atoms with Gasteiger partial charge < -0.3 is 0 Å². The van der Waals surface area contributed by atoms with E-state index < -0.39 is 7.44 Å². The molecule has 1 aliphatic rings. The summed E-state index contributed by atoms with van der Waals surface area (Å²) in [5, 5.41) is 5.81. The second-order valence-corrected chi connectivity index (χ2v) is 4.57. The van der Waals surface area contributed by atoms with E-state index >= 15 is 0 Å². The first-order chi connectivity index (χ1) is 3.71. The lowest BCUT2D eigenvalue weighted by Crippen LogP contribution is -2.30. The highest BCUT2D eigenvalue weighted by Gasteiger charge is 2.15. The van der Waals surface area contributed by atoms with Gasteiger partial charge in [0.05, 0.1) is 0 Å². The van der Waals surface area contributed by atoms with Crippen molar-refractivity contribution in [3.63, 3.8) is 0 Å². The van der Waals surface area contributed by atoms with E-state index in [-0.39, 0.29) is 0 Å². The number of hydrogen-bond donors (Lipinski definition) is 2. The van der Waals surface area contributed by atoms with Crippen LogP contribution in [0.4, 0.5) is 0 Å². The zero-order valence-electron chi connectivity index (χ0n) is 4.98. The van der Waals surface area contributed by atoms with E-state index in [0.29, 0.717) is 0 Å². The topological polar surface area (TPSA) is 41.1 Å². The molecule has 3 nitrogen and oxygen atoms in total. The summed E-state index contributed by atoms with van der Waals surface area (Å²) in [6, 6.07) is 0. The molecule has 1 saturated heterocycles. The lowest BCUT2D eigenvalue weighted by atomic mass is 10.4. The fourth-order valence-electron chi connectivity index (χ4n) is 0.729. The third-order valence-electron chi connectivity index (χ3n) is 1.18. The Labute approximate surface area is 49.3 Å². The quantitative estimate of drug-likeness (QED) is 0.471. The molecule has 0 spiro atoms. The van der Waals surface area contributed by atoms with Crippen molar-refractivity contribution in [2.75, 3.05) is 19.8 Å². The Balaban J connectivity index is 2.45. The summed E-state index contributed by atoms with van der Waals surface area (Å²) in [6.45, 7) is 3.49. The van der Waals surface area contributed by atoms with E-state index in [1.807, 2.05) is 0 Å². The monoisotopic (exact) mass is 134 g/mol. The SMILES string of the molecule is CP1(=O)NCCCN1. The van der Waals surface area contributed by atoms with Gasteiger partial charge in [-0.3, -0.25) is 14.7 Å². The Kier molecular flexibility index (Phi) is 1.71. The molecule has 1 aliphatic heterocycles. The number of hydrogen-bond acceptors (Lipinski definition) is 1. The van der Waals surface area contributed by atoms with Crippen molar-refractivity contribution in [2.24, 2.45) is 0 Å². The fourth-order valence-corrected chi connectivity index (χ4v) is 2.01. The number of rotatable bonds is 0. The summed E-state index contributed by atoms with van der Waals surface area (Å²) < 4.78 is 11.0. The van der Waals surface area contributed by atoms with E-state index in [1.54, 1.807) is 6.66 Å². The average molecular weight is 134 g/mol. The van der Waals surface area contributed by atoms with Crippen molar-refractivity contribution >= 4 is 7.44 Å². The minimum atomic E-state index is -2.09. The van der Waals surface area contributed by atoms with Crippen molar-refractivity contribution in [1.82, 2.24) is 10.2 Å². The van der Waals surface area contributed by atoms with E-state index in [1.165, 1.54) is 0 Å². The highest BCUT2D eigenvalue weighted by molar-refractivity contribution is 7.59. The molecule has 48 valence electrons. The molecule has 1 heterocycles. The highest BCUT2D eigenvalue weighted by Crippen LogP contribution is 2.31. The van der Waals surface area contributed by atoms with Crippen LogP contribution in [0.1, 0.15) is 6.42 Å². The predicted octanol–water partition coefficient (Wildman–Crippen LogP) is 0.392. The molecule has 2 N–H and O–H groups in total. The molecule has 4 heteroatoms. The molecule has 0 aromatic rings. The molecule has 0 aliphatic carbocycles. The molecule has 0 unspecified atom stereocenters. The summed E-state index contributed by atoms with van der Waals surface area (Å²) in [4.78, 5) is 0. The molecule has 8 heavy (non-hydrogen) atoms. The van der Waals surface area contributed by atoms with Gasteiger partial charge in [-0.05, 0) is 6.42 Å². The largest absolute Gasteiger partial charge is 0.290 e. The molecular weight excluding hydrogens is 123 g/mol. The first-order valence-corrected chi connectivity index (χ1v) is 4.94. The Morgan fingerprint density at radius 1 is 1.38 bits per heavy atom. The second kappa shape index (κ2) is 2.18. The van der Waals surface area contributed by atoms with E-state index in [0.717, 1.165) is 19.5 Å². The van der Waals surface area contributed by atoms with Gasteiger partial charge in [0, 0.05) is 19.8 Å². The normalized spacial score (nSPS) is 27.6. The van der Waals surface area contributed by atoms with Crippen LogP contribution in [0.5, 0.6) is 0 Å². The molecular formula is C4H11N2OP. The van der Waals surface area contributed by atoms with Gasteiger partial charge in [0.1, 0.15) is 0 Å². The van der Waals surface area contributed by atoms with Crippen LogP contribution in [0.2, 0.25) is 0 Å². The molecule has 0 aromatic heterocycles. The van der Waals surface area contributed by atoms with Gasteiger partial charge in [0.25, 0.3) is 0 Å². The first-order valence-electron chi connectivity index (χ1n) is 2.78. The summed E-state index contributed by atoms with van der Waals surface area (Å²) >= 11 is 0. The summed E-state index contributed by atoms with van der Waals surface area (Å²) in [5.74, 6) is 0. The Bertz CT molecular complexity index is 115. The highest BCUT2D eigenvalue weighted by atomic mass is 31.2. The molecule has 0 aromatic carbocycles. The summed E-state index contributed by atoms with van der Waals surface area (Å²) in [5.41, 5.74) is 0. The van der Waals surface area contributed by atoms with Gasteiger partial charge in [-0.1, -0.05) is 0 Å². The van der Waals surface area contributed by atoms with Gasteiger partial charge in [0.2, 0.25) is 7.44 Å². The lowest BCUT2D eigenvalue weighted by Gasteiger charge is -2.20. The van der Waals surface area contributed by atoms with Crippen LogP contribution in [0.15, 0.2) is 0 Å². The zero-order valence-corrected chi connectivity index (χ0v) is 5.87. The van der Waals surface area contributed by atoms with Crippen molar-refractivity contribution in [1.29, 1.82) is 0 Å². The maximum absolute atomic E-state index is 11.0. The molecule has 1 fully saturated rings. The second-order valence-electron chi connectivity index (χ2n) is 2.09. The molecule has 1 rings (SSSR count). The minimum Gasteiger partial charge on any atom is -0.290 e. The van der Waals surface area contributed by atoms with Gasteiger partial charge in [-0.25, -0.2) is 0 Å². The van der Waals surface area contributed by atoms with Gasteiger partial charge in [-0.2, -0.15) is 0 Å². The van der Waals surface area contributed by atoms with E-state index in [2.05, 4.69) is 10.2 Å². The molecule has 0 amide bonds. The van der Waals surface area contributed by atoms with Crippen molar-refractivity contribution in [3.8, 4) is 0 Å². The maximum atomic E-state index is 11.0. The third kappa shape index (κ3) is 1.58. The summed E-state index contributed by atoms with van der Waals surface area (Å²) in [7, 11) is -2.09. The zero-order chi connectivity index (χ0) is 6.04. The van der Waals surface area contributed by atoms with Crippen LogP contribution in [-0.4, -0.2) is 19.8 Å². The van der Waals surface area contributed by atoms with Crippen LogP contribution in [0.3, 0.4) is 0 Å². The average Bonchev–Trinajstić information content (AvgIpc) is 1.65. The Morgan fingerprint density at radius 3 is 2.12 bits per heavy atom. The lowest BCUT2D eigenvalue weighted by molar-refractivity contribution is 0.541. The number of nitrogens with one attached hydrogen (secondary N) is 2. The minimum absolute atomic E-state index is 0.890. The fraction of sp³-hybridized carbons (Fsp3) is 1.00. The van der Waals surface area contributed by atoms with Crippen LogP contribution >= 0.6 is 7.44 Å².